The second kappa shape index (κ2) is 4.17. The van der Waals surface area contributed by atoms with Gasteiger partial charge in [0.1, 0.15) is 0 Å². The maximum atomic E-state index is 2.36. The third kappa shape index (κ3) is 2.16. The fourth-order valence-corrected chi connectivity index (χ4v) is 7.47. The molecule has 0 amide bonds. The van der Waals surface area contributed by atoms with Gasteiger partial charge in [-0.2, -0.15) is 0 Å². The van der Waals surface area contributed by atoms with Gasteiger partial charge in [0.05, 0.1) is 0 Å². The molecule has 0 fully saturated rings. The molecule has 2 atom stereocenters. The summed E-state index contributed by atoms with van der Waals surface area (Å²) in [6, 6.07) is 10.9. The van der Waals surface area contributed by atoms with Crippen molar-refractivity contribution in [3.05, 3.63) is 50.5 Å². The van der Waals surface area contributed by atoms with Crippen molar-refractivity contribution in [2.75, 3.05) is 0 Å². The van der Waals surface area contributed by atoms with E-state index in [1.165, 1.54) is 0 Å². The molecule has 0 radical (unpaired) electrons. The van der Waals surface area contributed by atoms with Crippen LogP contribution in [0.25, 0.3) is 0 Å². The van der Waals surface area contributed by atoms with Gasteiger partial charge in [-0.1, -0.05) is 0 Å². The van der Waals surface area contributed by atoms with E-state index < -0.39 is 0 Å². The molecule has 0 aromatic heterocycles. The maximum absolute atomic E-state index is 2.36. The number of allylic oxidation sites excluding steroid dienone is 2. The topological polar surface area (TPSA) is 0 Å². The van der Waals surface area contributed by atoms with E-state index in [1.807, 2.05) is 0 Å². The Morgan fingerprint density at radius 3 is 2.58 bits per heavy atom. The predicted octanol–water partition coefficient (Wildman–Crippen LogP) is 0.554. The number of hydrogen-bond acceptors (Lipinski definition) is 0. The van der Waals surface area contributed by atoms with Gasteiger partial charge in [-0.15, -0.1) is 0 Å². The Kier molecular flexibility index (Phi) is 2.92. The molecular weight excluding hydrogens is 270 g/mol. The van der Waals surface area contributed by atoms with E-state index in [-0.39, 0.29) is 31.5 Å². The Bertz CT molecular complexity index is 312. The molecule has 0 nitrogen and oxygen atoms in total. The quantitative estimate of drug-likeness (QED) is 0.694. The van der Waals surface area contributed by atoms with Gasteiger partial charge < -0.3 is 0 Å². The SMILES string of the molecule is C1=C[AsH]C([AsH]c2ccccc2)=C1. The normalized spacial score (nSPS) is 17.8. The van der Waals surface area contributed by atoms with Gasteiger partial charge in [0.2, 0.25) is 0 Å². The molecule has 2 unspecified atom stereocenters. The molecule has 1 heterocycles. The summed E-state index contributed by atoms with van der Waals surface area (Å²) in [5.74, 6) is 0. The van der Waals surface area contributed by atoms with Crippen LogP contribution >= 0.6 is 0 Å². The van der Waals surface area contributed by atoms with Gasteiger partial charge in [-0.3, -0.25) is 0 Å². The van der Waals surface area contributed by atoms with E-state index in [4.69, 9.17) is 0 Å². The fraction of sp³-hybridized carbons (Fsp3) is 0. The van der Waals surface area contributed by atoms with Crippen molar-refractivity contribution in [1.82, 2.24) is 0 Å². The van der Waals surface area contributed by atoms with Crippen LogP contribution in [0.5, 0.6) is 0 Å². The summed E-state index contributed by atoms with van der Waals surface area (Å²) in [7, 11) is 0. The van der Waals surface area contributed by atoms with Crippen molar-refractivity contribution in [1.29, 1.82) is 0 Å². The van der Waals surface area contributed by atoms with Crippen LogP contribution in [0.15, 0.2) is 50.5 Å². The van der Waals surface area contributed by atoms with Gasteiger partial charge >= 0.3 is 86.4 Å². The average molecular weight is 280 g/mol. The van der Waals surface area contributed by atoms with Gasteiger partial charge in [0.25, 0.3) is 0 Å². The predicted molar refractivity (Wildman–Crippen MR) is 57.6 cm³/mol. The Hall–Kier alpha value is -0.183. The first-order valence-electron chi connectivity index (χ1n) is 3.90. The van der Waals surface area contributed by atoms with Crippen LogP contribution < -0.4 is 4.35 Å². The van der Waals surface area contributed by atoms with Crippen molar-refractivity contribution in [3.8, 4) is 0 Å². The van der Waals surface area contributed by atoms with E-state index in [0.717, 1.165) is 0 Å². The monoisotopic (exact) mass is 280 g/mol. The fourth-order valence-electron chi connectivity index (χ4n) is 1.09. The summed E-state index contributed by atoms with van der Waals surface area (Å²) in [4.78, 5) is 2.36. The summed E-state index contributed by atoms with van der Waals surface area (Å²) < 4.78 is 3.33. The van der Waals surface area contributed by atoms with E-state index in [9.17, 15) is 0 Å². The Morgan fingerprint density at radius 2 is 1.92 bits per heavy atom. The van der Waals surface area contributed by atoms with Crippen LogP contribution in [-0.4, -0.2) is 31.5 Å². The molecule has 0 spiro atoms. The molecule has 0 saturated carbocycles. The Morgan fingerprint density at radius 1 is 1.08 bits per heavy atom. The minimum atomic E-state index is 0.0433. The van der Waals surface area contributed by atoms with Gasteiger partial charge in [-0.25, -0.2) is 0 Å². The summed E-state index contributed by atoms with van der Waals surface area (Å²) in [5.41, 5.74) is 0. The molecule has 12 heavy (non-hydrogen) atoms. The Balaban J connectivity index is 2.05. The van der Waals surface area contributed by atoms with Crippen molar-refractivity contribution in [3.63, 3.8) is 0 Å². The van der Waals surface area contributed by atoms with E-state index in [1.54, 1.807) is 7.50 Å². The first-order valence-corrected chi connectivity index (χ1v) is 8.26. The third-order valence-corrected chi connectivity index (χ3v) is 8.56. The second-order valence-electron chi connectivity index (χ2n) is 2.57. The molecule has 0 N–H and O–H groups in total. The summed E-state index contributed by atoms with van der Waals surface area (Å²) in [5, 5.41) is 0. The van der Waals surface area contributed by atoms with Crippen LogP contribution in [0.2, 0.25) is 0 Å². The molecule has 1 aromatic carbocycles. The molecule has 1 aliphatic rings. The molecule has 2 heteroatoms. The third-order valence-electron chi connectivity index (χ3n) is 1.65. The first kappa shape index (κ1) is 8.42. The summed E-state index contributed by atoms with van der Waals surface area (Å²) in [6.45, 7) is 0. The molecule has 0 saturated heterocycles. The molecule has 0 aliphatic carbocycles. The Labute approximate surface area is 86.1 Å². The minimum absolute atomic E-state index is 0.0433. The zero-order valence-electron chi connectivity index (χ0n) is 6.62. The molecule has 1 aromatic rings. The number of hydrogen-bond donors (Lipinski definition) is 0. The number of benzene rings is 1. The second-order valence-corrected chi connectivity index (χ2v) is 10.1. The van der Waals surface area contributed by atoms with Crippen LogP contribution in [0.4, 0.5) is 0 Å². The first-order chi connectivity index (χ1) is 5.95. The van der Waals surface area contributed by atoms with Gasteiger partial charge in [0.15, 0.2) is 0 Å². The van der Waals surface area contributed by atoms with Crippen molar-refractivity contribution >= 4 is 35.9 Å². The van der Waals surface area contributed by atoms with Crippen LogP contribution in [0, 0.1) is 0 Å². The molecular formula is C10H10As2. The van der Waals surface area contributed by atoms with Gasteiger partial charge in [-0.05, 0) is 0 Å². The molecule has 1 aliphatic heterocycles. The van der Waals surface area contributed by atoms with E-state index in [0.29, 0.717) is 0 Å². The molecule has 2 rings (SSSR count). The van der Waals surface area contributed by atoms with Crippen LogP contribution in [0.3, 0.4) is 0 Å². The molecule has 60 valence electrons. The van der Waals surface area contributed by atoms with Crippen LogP contribution in [0.1, 0.15) is 0 Å². The zero-order valence-corrected chi connectivity index (χ0v) is 10.8. The number of rotatable bonds is 2. The average Bonchev–Trinajstić information content (AvgIpc) is 2.59. The van der Waals surface area contributed by atoms with E-state index >= 15 is 0 Å². The molecule has 0 bridgehead atoms. The van der Waals surface area contributed by atoms with E-state index in [2.05, 4.69) is 47.3 Å². The standard InChI is InChI=1S/C10H10As2/c1-2-5-9(6-3-1)12-10-7-4-8-11-10/h1-8,11-12H. The summed E-state index contributed by atoms with van der Waals surface area (Å²) >= 11 is 0.207. The van der Waals surface area contributed by atoms with Crippen molar-refractivity contribution in [2.45, 2.75) is 0 Å². The van der Waals surface area contributed by atoms with Gasteiger partial charge in [0, 0.05) is 0 Å². The zero-order chi connectivity index (χ0) is 8.23. The van der Waals surface area contributed by atoms with Crippen molar-refractivity contribution in [2.24, 2.45) is 0 Å². The van der Waals surface area contributed by atoms with Crippen LogP contribution in [-0.2, 0) is 0 Å². The van der Waals surface area contributed by atoms with Crippen molar-refractivity contribution < 1.29 is 0 Å². The summed E-state index contributed by atoms with van der Waals surface area (Å²) in [6.07, 6.45) is 4.55.